The van der Waals surface area contributed by atoms with Crippen molar-refractivity contribution in [3.05, 3.63) is 40.9 Å². The van der Waals surface area contributed by atoms with Crippen LogP contribution in [0.15, 0.2) is 30.3 Å². The Morgan fingerprint density at radius 3 is 2.47 bits per heavy atom. The van der Waals surface area contributed by atoms with Crippen molar-refractivity contribution >= 4 is 27.5 Å². The minimum atomic E-state index is -3.01. The van der Waals surface area contributed by atoms with E-state index in [9.17, 15) is 8.42 Å². The third kappa shape index (κ3) is 5.86. The fourth-order valence-electron chi connectivity index (χ4n) is 1.29. The van der Waals surface area contributed by atoms with Crippen LogP contribution in [-0.4, -0.2) is 26.5 Å². The van der Waals surface area contributed by atoms with Crippen LogP contribution in [0.2, 0.25) is 5.02 Å². The highest BCUT2D eigenvalue weighted by Gasteiger charge is 2.06. The Labute approximate surface area is 107 Å². The molecule has 94 valence electrons. The molecule has 0 radical (unpaired) electrons. The Morgan fingerprint density at radius 2 is 1.88 bits per heavy atom. The molecule has 0 fully saturated rings. The van der Waals surface area contributed by atoms with Crippen LogP contribution in [0, 0.1) is 0 Å². The number of hydrogen-bond donors (Lipinski definition) is 1. The molecule has 0 aliphatic heterocycles. The summed E-state index contributed by atoms with van der Waals surface area (Å²) < 4.78 is 23.0. The van der Waals surface area contributed by atoms with E-state index in [2.05, 4.69) is 0 Å². The summed E-state index contributed by atoms with van der Waals surface area (Å²) >= 11 is 5.74. The van der Waals surface area contributed by atoms with Crippen LogP contribution in [0.4, 0.5) is 0 Å². The lowest BCUT2D eigenvalue weighted by atomic mass is 10.2. The first-order valence-electron chi connectivity index (χ1n) is 5.36. The Hall–Kier alpha value is -0.840. The minimum absolute atomic E-state index is 0.0512. The van der Waals surface area contributed by atoms with Crippen LogP contribution in [-0.2, 0) is 9.84 Å². The number of nitrogens with two attached hydrogens (primary N) is 1. The largest absolute Gasteiger partial charge is 0.330 e. The molecule has 0 spiro atoms. The van der Waals surface area contributed by atoms with E-state index in [1.54, 1.807) is 24.3 Å². The summed E-state index contributed by atoms with van der Waals surface area (Å²) in [5.41, 5.74) is 6.21. The van der Waals surface area contributed by atoms with Crippen molar-refractivity contribution in [3.63, 3.8) is 0 Å². The molecule has 1 aromatic carbocycles. The molecular formula is C12H16ClNO2S. The number of hydrogen-bond acceptors (Lipinski definition) is 3. The van der Waals surface area contributed by atoms with E-state index in [0.29, 0.717) is 18.0 Å². The Morgan fingerprint density at radius 1 is 1.24 bits per heavy atom. The van der Waals surface area contributed by atoms with Crippen LogP contribution in [0.3, 0.4) is 0 Å². The van der Waals surface area contributed by atoms with Gasteiger partial charge in [0.25, 0.3) is 0 Å². The standard InChI is InChI=1S/C12H16ClNO2S/c13-12-6-4-11(5-7-12)3-1-9-17(15,16)10-2-8-14/h1,3-7H,2,8-10,14H2. The van der Waals surface area contributed by atoms with Crippen molar-refractivity contribution in [2.75, 3.05) is 18.1 Å². The molecule has 0 saturated heterocycles. The Kier molecular flexibility index (Phi) is 5.68. The van der Waals surface area contributed by atoms with Gasteiger partial charge in [0.15, 0.2) is 9.84 Å². The molecule has 3 nitrogen and oxygen atoms in total. The second-order valence-electron chi connectivity index (χ2n) is 3.71. The van der Waals surface area contributed by atoms with E-state index >= 15 is 0 Å². The van der Waals surface area contributed by atoms with Crippen LogP contribution < -0.4 is 5.73 Å². The van der Waals surface area contributed by atoms with E-state index in [-0.39, 0.29) is 11.5 Å². The molecule has 0 atom stereocenters. The van der Waals surface area contributed by atoms with Crippen molar-refractivity contribution in [1.29, 1.82) is 0 Å². The molecule has 1 rings (SSSR count). The minimum Gasteiger partial charge on any atom is -0.330 e. The maximum Gasteiger partial charge on any atom is 0.153 e. The summed E-state index contributed by atoms with van der Waals surface area (Å²) in [6.45, 7) is 0.403. The van der Waals surface area contributed by atoms with Gasteiger partial charge in [-0.2, -0.15) is 0 Å². The van der Waals surface area contributed by atoms with Crippen molar-refractivity contribution in [2.24, 2.45) is 5.73 Å². The zero-order valence-electron chi connectivity index (χ0n) is 9.47. The van der Waals surface area contributed by atoms with Crippen LogP contribution in [0.5, 0.6) is 0 Å². The highest BCUT2D eigenvalue weighted by Crippen LogP contribution is 2.10. The molecule has 2 N–H and O–H groups in total. The summed E-state index contributed by atoms with van der Waals surface area (Å²) in [6, 6.07) is 7.21. The van der Waals surface area contributed by atoms with Crippen LogP contribution in [0.1, 0.15) is 12.0 Å². The molecule has 0 amide bonds. The lowest BCUT2D eigenvalue weighted by Gasteiger charge is -1.99. The molecule has 0 unspecified atom stereocenters. The number of rotatable bonds is 6. The number of halogens is 1. The van der Waals surface area contributed by atoms with Crippen molar-refractivity contribution in [1.82, 2.24) is 0 Å². The van der Waals surface area contributed by atoms with E-state index < -0.39 is 9.84 Å². The quantitative estimate of drug-likeness (QED) is 0.864. The molecule has 0 aliphatic carbocycles. The maximum absolute atomic E-state index is 11.5. The SMILES string of the molecule is NCCCS(=O)(=O)CC=Cc1ccc(Cl)cc1. The van der Waals surface area contributed by atoms with Gasteiger partial charge < -0.3 is 5.73 Å². The van der Waals surface area contributed by atoms with Gasteiger partial charge in [0.05, 0.1) is 11.5 Å². The van der Waals surface area contributed by atoms with Gasteiger partial charge in [-0.3, -0.25) is 0 Å². The monoisotopic (exact) mass is 273 g/mol. The van der Waals surface area contributed by atoms with E-state index in [0.717, 1.165) is 5.56 Å². The highest BCUT2D eigenvalue weighted by atomic mass is 35.5. The molecule has 5 heteroatoms. The molecule has 17 heavy (non-hydrogen) atoms. The van der Waals surface area contributed by atoms with Gasteiger partial charge in [0.1, 0.15) is 0 Å². The van der Waals surface area contributed by atoms with Gasteiger partial charge in [-0.05, 0) is 30.7 Å². The normalized spacial score (nSPS) is 12.1. The maximum atomic E-state index is 11.5. The lowest BCUT2D eigenvalue weighted by Crippen LogP contribution is -2.13. The second kappa shape index (κ2) is 6.79. The van der Waals surface area contributed by atoms with Gasteiger partial charge in [-0.15, -0.1) is 0 Å². The molecule has 0 bridgehead atoms. The summed E-state index contributed by atoms with van der Waals surface area (Å²) in [7, 11) is -3.01. The summed E-state index contributed by atoms with van der Waals surface area (Å²) in [5.74, 6) is 0.198. The van der Waals surface area contributed by atoms with Crippen molar-refractivity contribution in [3.8, 4) is 0 Å². The predicted molar refractivity (Wildman–Crippen MR) is 72.8 cm³/mol. The fourth-order valence-corrected chi connectivity index (χ4v) is 2.58. The first-order valence-corrected chi connectivity index (χ1v) is 7.56. The van der Waals surface area contributed by atoms with Gasteiger partial charge in [-0.25, -0.2) is 8.42 Å². The molecule has 0 aromatic heterocycles. The zero-order valence-corrected chi connectivity index (χ0v) is 11.0. The topological polar surface area (TPSA) is 60.2 Å². The molecule has 0 heterocycles. The van der Waals surface area contributed by atoms with Gasteiger partial charge in [0.2, 0.25) is 0 Å². The van der Waals surface area contributed by atoms with Crippen molar-refractivity contribution < 1.29 is 8.42 Å². The molecule has 1 aromatic rings. The highest BCUT2D eigenvalue weighted by molar-refractivity contribution is 7.91. The van der Waals surface area contributed by atoms with E-state index in [1.165, 1.54) is 0 Å². The Bertz CT molecular complexity index is 466. The first-order chi connectivity index (χ1) is 8.03. The van der Waals surface area contributed by atoms with Crippen molar-refractivity contribution in [2.45, 2.75) is 6.42 Å². The van der Waals surface area contributed by atoms with Gasteiger partial charge in [0, 0.05) is 5.02 Å². The summed E-state index contributed by atoms with van der Waals surface area (Å²) in [6.07, 6.45) is 3.93. The lowest BCUT2D eigenvalue weighted by molar-refractivity contribution is 0.596. The second-order valence-corrected chi connectivity index (χ2v) is 6.38. The van der Waals surface area contributed by atoms with E-state index in [4.69, 9.17) is 17.3 Å². The Balaban J connectivity index is 2.52. The van der Waals surface area contributed by atoms with Crippen LogP contribution in [0.25, 0.3) is 6.08 Å². The van der Waals surface area contributed by atoms with Gasteiger partial charge in [-0.1, -0.05) is 35.9 Å². The summed E-state index contributed by atoms with van der Waals surface area (Å²) in [5, 5.41) is 0.665. The smallest absolute Gasteiger partial charge is 0.153 e. The van der Waals surface area contributed by atoms with E-state index in [1.807, 2.05) is 12.1 Å². The molecular weight excluding hydrogens is 258 g/mol. The predicted octanol–water partition coefficient (Wildman–Crippen LogP) is 2.12. The fraction of sp³-hybridized carbons (Fsp3) is 0.333. The third-order valence-electron chi connectivity index (χ3n) is 2.19. The molecule has 0 aliphatic rings. The van der Waals surface area contributed by atoms with Gasteiger partial charge >= 0.3 is 0 Å². The summed E-state index contributed by atoms with van der Waals surface area (Å²) in [4.78, 5) is 0. The number of benzene rings is 1. The van der Waals surface area contributed by atoms with Crippen LogP contribution >= 0.6 is 11.6 Å². The average Bonchev–Trinajstić information content (AvgIpc) is 2.29. The average molecular weight is 274 g/mol. The zero-order chi connectivity index (χ0) is 12.7. The molecule has 0 saturated carbocycles. The first kappa shape index (κ1) is 14.2. The number of sulfone groups is 1. The third-order valence-corrected chi connectivity index (χ3v) is 4.05.